The van der Waals surface area contributed by atoms with Crippen LogP contribution >= 0.6 is 27.7 Å². The first-order chi connectivity index (χ1) is 8.79. The highest BCUT2D eigenvalue weighted by atomic mass is 79.9. The van der Waals surface area contributed by atoms with Crippen LogP contribution in [0.3, 0.4) is 0 Å². The number of rotatable bonds is 6. The summed E-state index contributed by atoms with van der Waals surface area (Å²) in [7, 11) is 2.08. The Labute approximate surface area is 123 Å². The quantitative estimate of drug-likeness (QED) is 0.838. The monoisotopic (exact) mass is 327 g/mol. The molecule has 0 spiro atoms. The van der Waals surface area contributed by atoms with E-state index < -0.39 is 0 Å². The van der Waals surface area contributed by atoms with Crippen molar-refractivity contribution in [2.24, 2.45) is 0 Å². The average Bonchev–Trinajstić information content (AvgIpc) is 2.90. The Morgan fingerprint density at radius 1 is 1.33 bits per heavy atom. The smallest absolute Gasteiger partial charge is 0.0207 e. The van der Waals surface area contributed by atoms with Gasteiger partial charge in [0.2, 0.25) is 0 Å². The highest BCUT2D eigenvalue weighted by Crippen LogP contribution is 2.30. The number of halogens is 1. The standard InChI is InChI=1S/C15H22BrNS/c1-17-13(11-18-14-7-3-4-8-14)10-12-6-2-5-9-15(12)16/h2,5-6,9,13-14,17H,3-4,7-8,10-11H2,1H3. The molecule has 1 saturated carbocycles. The van der Waals surface area contributed by atoms with Crippen molar-refractivity contribution in [2.75, 3.05) is 12.8 Å². The lowest BCUT2D eigenvalue weighted by Gasteiger charge is -2.19. The molecule has 0 aliphatic heterocycles. The Balaban J connectivity index is 1.83. The molecule has 0 amide bonds. The van der Waals surface area contributed by atoms with Crippen molar-refractivity contribution >= 4 is 27.7 Å². The number of hydrogen-bond acceptors (Lipinski definition) is 2. The van der Waals surface area contributed by atoms with Crippen molar-refractivity contribution < 1.29 is 0 Å². The van der Waals surface area contributed by atoms with Gasteiger partial charge < -0.3 is 5.32 Å². The number of hydrogen-bond donors (Lipinski definition) is 1. The summed E-state index contributed by atoms with van der Waals surface area (Å²) in [6.45, 7) is 0. The molecule has 1 atom stereocenters. The number of benzene rings is 1. The second kappa shape index (κ2) is 7.56. The van der Waals surface area contributed by atoms with Crippen LogP contribution in [0.25, 0.3) is 0 Å². The fourth-order valence-corrected chi connectivity index (χ4v) is 4.38. The van der Waals surface area contributed by atoms with Crippen molar-refractivity contribution in [1.29, 1.82) is 0 Å². The zero-order valence-electron chi connectivity index (χ0n) is 11.0. The zero-order chi connectivity index (χ0) is 12.8. The lowest BCUT2D eigenvalue weighted by molar-refractivity contribution is 0.614. The summed E-state index contributed by atoms with van der Waals surface area (Å²) in [5.74, 6) is 1.22. The van der Waals surface area contributed by atoms with E-state index in [0.29, 0.717) is 6.04 Å². The van der Waals surface area contributed by atoms with E-state index >= 15 is 0 Å². The Morgan fingerprint density at radius 3 is 2.72 bits per heavy atom. The van der Waals surface area contributed by atoms with Gasteiger partial charge in [0.15, 0.2) is 0 Å². The zero-order valence-corrected chi connectivity index (χ0v) is 13.4. The molecular weight excluding hydrogens is 306 g/mol. The van der Waals surface area contributed by atoms with Gasteiger partial charge in [-0.2, -0.15) is 11.8 Å². The maximum Gasteiger partial charge on any atom is 0.0207 e. The van der Waals surface area contributed by atoms with Crippen LogP contribution in [0.1, 0.15) is 31.2 Å². The molecule has 3 heteroatoms. The molecule has 1 fully saturated rings. The number of likely N-dealkylation sites (N-methyl/N-ethyl adjacent to an activating group) is 1. The maximum absolute atomic E-state index is 3.64. The van der Waals surface area contributed by atoms with Gasteiger partial charge in [0.05, 0.1) is 0 Å². The SMILES string of the molecule is CNC(CSC1CCCC1)Cc1ccccc1Br. The van der Waals surface area contributed by atoms with E-state index in [2.05, 4.69) is 64.3 Å². The fraction of sp³-hybridized carbons (Fsp3) is 0.600. The van der Waals surface area contributed by atoms with Crippen LogP contribution in [-0.2, 0) is 6.42 Å². The fourth-order valence-electron chi connectivity index (χ4n) is 2.48. The van der Waals surface area contributed by atoms with E-state index in [4.69, 9.17) is 0 Å². The van der Waals surface area contributed by atoms with Gasteiger partial charge in [0.1, 0.15) is 0 Å². The summed E-state index contributed by atoms with van der Waals surface area (Å²) in [6.07, 6.45) is 6.84. The van der Waals surface area contributed by atoms with Gasteiger partial charge in [-0.05, 0) is 37.9 Å². The van der Waals surface area contributed by atoms with Crippen molar-refractivity contribution in [3.05, 3.63) is 34.3 Å². The average molecular weight is 328 g/mol. The van der Waals surface area contributed by atoms with Gasteiger partial charge in [-0.15, -0.1) is 0 Å². The van der Waals surface area contributed by atoms with E-state index in [9.17, 15) is 0 Å². The minimum absolute atomic E-state index is 0.578. The molecule has 1 aromatic rings. The first-order valence-electron chi connectivity index (χ1n) is 6.82. The highest BCUT2D eigenvalue weighted by molar-refractivity contribution is 9.10. The molecule has 0 radical (unpaired) electrons. The Morgan fingerprint density at radius 2 is 2.06 bits per heavy atom. The maximum atomic E-state index is 3.64. The summed E-state index contributed by atoms with van der Waals surface area (Å²) in [5, 5.41) is 4.38. The minimum atomic E-state index is 0.578. The van der Waals surface area contributed by atoms with Crippen LogP contribution in [-0.4, -0.2) is 24.1 Å². The third-order valence-electron chi connectivity index (χ3n) is 3.67. The molecule has 0 heterocycles. The van der Waals surface area contributed by atoms with Gasteiger partial charge in [-0.1, -0.05) is 47.0 Å². The second-order valence-electron chi connectivity index (χ2n) is 5.02. The van der Waals surface area contributed by atoms with Gasteiger partial charge in [-0.3, -0.25) is 0 Å². The summed E-state index contributed by atoms with van der Waals surface area (Å²) >= 11 is 5.80. The molecule has 0 bridgehead atoms. The van der Waals surface area contributed by atoms with Gasteiger partial charge in [0, 0.05) is 21.5 Å². The van der Waals surface area contributed by atoms with Crippen molar-refractivity contribution in [1.82, 2.24) is 5.32 Å². The van der Waals surface area contributed by atoms with E-state index in [1.165, 1.54) is 41.5 Å². The molecule has 100 valence electrons. The predicted octanol–water partition coefficient (Wildman–Crippen LogP) is 4.26. The number of thioether (sulfide) groups is 1. The third-order valence-corrected chi connectivity index (χ3v) is 5.98. The molecule has 18 heavy (non-hydrogen) atoms. The van der Waals surface area contributed by atoms with Gasteiger partial charge in [-0.25, -0.2) is 0 Å². The predicted molar refractivity (Wildman–Crippen MR) is 85.4 cm³/mol. The third kappa shape index (κ3) is 4.29. The molecule has 2 rings (SSSR count). The molecule has 1 unspecified atom stereocenters. The lowest BCUT2D eigenvalue weighted by atomic mass is 10.1. The van der Waals surface area contributed by atoms with Crippen LogP contribution in [0, 0.1) is 0 Å². The molecule has 1 aromatic carbocycles. The topological polar surface area (TPSA) is 12.0 Å². The first-order valence-corrected chi connectivity index (χ1v) is 8.66. The molecular formula is C15H22BrNS. The summed E-state index contributed by atoms with van der Waals surface area (Å²) in [4.78, 5) is 0. The Bertz CT molecular complexity index is 363. The van der Waals surface area contributed by atoms with Gasteiger partial charge >= 0.3 is 0 Å². The summed E-state index contributed by atoms with van der Waals surface area (Å²) in [5.41, 5.74) is 1.41. The molecule has 1 aliphatic carbocycles. The summed E-state index contributed by atoms with van der Waals surface area (Å²) < 4.78 is 1.23. The van der Waals surface area contributed by atoms with Crippen molar-refractivity contribution in [2.45, 2.75) is 43.4 Å². The van der Waals surface area contributed by atoms with E-state index in [1.54, 1.807) is 0 Å². The largest absolute Gasteiger partial charge is 0.316 e. The minimum Gasteiger partial charge on any atom is -0.316 e. The molecule has 1 aliphatic rings. The van der Waals surface area contributed by atoms with Gasteiger partial charge in [0.25, 0.3) is 0 Å². The Hall–Kier alpha value is 0.01000. The van der Waals surface area contributed by atoms with Crippen LogP contribution in [0.5, 0.6) is 0 Å². The van der Waals surface area contributed by atoms with Crippen LogP contribution in [0.2, 0.25) is 0 Å². The number of nitrogens with one attached hydrogen (secondary N) is 1. The van der Waals surface area contributed by atoms with E-state index in [1.807, 2.05) is 0 Å². The molecule has 0 saturated heterocycles. The van der Waals surface area contributed by atoms with Crippen LogP contribution in [0.15, 0.2) is 28.7 Å². The van der Waals surface area contributed by atoms with E-state index in [-0.39, 0.29) is 0 Å². The van der Waals surface area contributed by atoms with Crippen LogP contribution < -0.4 is 5.32 Å². The summed E-state index contributed by atoms with van der Waals surface area (Å²) in [6, 6.07) is 9.13. The first kappa shape index (κ1) is 14.4. The van der Waals surface area contributed by atoms with Crippen molar-refractivity contribution in [3.8, 4) is 0 Å². The Kier molecular flexibility index (Phi) is 6.06. The second-order valence-corrected chi connectivity index (χ2v) is 7.21. The van der Waals surface area contributed by atoms with Crippen molar-refractivity contribution in [3.63, 3.8) is 0 Å². The normalized spacial score (nSPS) is 18.1. The molecule has 0 aromatic heterocycles. The lowest BCUT2D eigenvalue weighted by Crippen LogP contribution is -2.30. The molecule has 1 N–H and O–H groups in total. The molecule has 1 nitrogen and oxygen atoms in total. The van der Waals surface area contributed by atoms with E-state index in [0.717, 1.165) is 11.7 Å². The van der Waals surface area contributed by atoms with Crippen LogP contribution in [0.4, 0.5) is 0 Å². The highest BCUT2D eigenvalue weighted by Gasteiger charge is 2.17.